The summed E-state index contributed by atoms with van der Waals surface area (Å²) >= 11 is 6.20. The second kappa shape index (κ2) is 14.4. The first-order chi connectivity index (χ1) is 15.8. The number of carbonyl (C=O) groups is 3. The minimum atomic E-state index is -2.43. The number of nitrogens with one attached hydrogen (secondary N) is 1. The van der Waals surface area contributed by atoms with Gasteiger partial charge in [0, 0.05) is 38.5 Å². The highest BCUT2D eigenvalue weighted by Gasteiger charge is 2.28. The van der Waals surface area contributed by atoms with Crippen LogP contribution in [0.5, 0.6) is 0 Å². The molecule has 1 N–H and O–H groups in total. The van der Waals surface area contributed by atoms with Crippen molar-refractivity contribution in [2.75, 3.05) is 27.7 Å². The smallest absolute Gasteiger partial charge is 0.246 e. The molecule has 1 atom stereocenters. The number of amides is 3. The van der Waals surface area contributed by atoms with E-state index in [1.807, 2.05) is 24.3 Å². The van der Waals surface area contributed by atoms with Crippen molar-refractivity contribution in [2.45, 2.75) is 63.8 Å². The van der Waals surface area contributed by atoms with Crippen LogP contribution >= 0.6 is 11.6 Å². The maximum atomic E-state index is 12.8. The zero-order valence-corrected chi connectivity index (χ0v) is 22.1. The van der Waals surface area contributed by atoms with Crippen LogP contribution in [0.4, 0.5) is 4.79 Å². The first-order valence-corrected chi connectivity index (χ1v) is 14.2. The Bertz CT molecular complexity index is 789. The van der Waals surface area contributed by atoms with Gasteiger partial charge in [-0.1, -0.05) is 61.9 Å². The predicted molar refractivity (Wildman–Crippen MR) is 133 cm³/mol. The largest absolute Gasteiger partial charge is 0.376 e. The van der Waals surface area contributed by atoms with Gasteiger partial charge in [0.15, 0.2) is 0 Å². The van der Waals surface area contributed by atoms with Crippen LogP contribution in [0.1, 0.15) is 56.9 Å². The van der Waals surface area contributed by atoms with Crippen molar-refractivity contribution in [1.29, 1.82) is 0 Å². The Kier molecular flexibility index (Phi) is 11.9. The molecule has 0 aliphatic heterocycles. The summed E-state index contributed by atoms with van der Waals surface area (Å²) in [5.74, 6) is 0.466. The van der Waals surface area contributed by atoms with Gasteiger partial charge in [0.05, 0.1) is 7.11 Å². The van der Waals surface area contributed by atoms with Gasteiger partial charge in [-0.3, -0.25) is 19.2 Å². The van der Waals surface area contributed by atoms with Gasteiger partial charge in [-0.25, -0.2) is 5.06 Å². The molecule has 3 amide bonds. The van der Waals surface area contributed by atoms with Crippen LogP contribution in [0.3, 0.4) is 0 Å². The van der Waals surface area contributed by atoms with Gasteiger partial charge in [0.2, 0.25) is 26.3 Å². The molecule has 1 fully saturated rings. The molecule has 0 unspecified atom stereocenters. The number of carbonyl (C=O) groups excluding carboxylic acids is 3. The van der Waals surface area contributed by atoms with Crippen molar-refractivity contribution >= 4 is 37.9 Å². The van der Waals surface area contributed by atoms with Crippen molar-refractivity contribution in [3.63, 3.8) is 0 Å². The van der Waals surface area contributed by atoms with Gasteiger partial charge in [0.1, 0.15) is 0 Å². The summed E-state index contributed by atoms with van der Waals surface area (Å²) in [6, 6.07) is 7.95. The molecule has 184 valence electrons. The molecule has 0 saturated heterocycles. The molecule has 2 rings (SSSR count). The minimum absolute atomic E-state index is 0.0520. The van der Waals surface area contributed by atoms with Gasteiger partial charge < -0.3 is 9.88 Å². The van der Waals surface area contributed by atoms with E-state index < -0.39 is 8.96 Å². The molecule has 0 spiro atoms. The van der Waals surface area contributed by atoms with Crippen LogP contribution in [0, 0.1) is 5.92 Å². The summed E-state index contributed by atoms with van der Waals surface area (Å²) in [6.45, 7) is 0.536. The number of rotatable bonds is 12. The maximum absolute atomic E-state index is 12.8. The molecule has 1 aliphatic carbocycles. The van der Waals surface area contributed by atoms with E-state index in [1.54, 1.807) is 11.9 Å². The molecule has 33 heavy (non-hydrogen) atoms. The lowest BCUT2D eigenvalue weighted by atomic mass is 9.86. The molecule has 1 aromatic carbocycles. The Morgan fingerprint density at radius 3 is 2.48 bits per heavy atom. The summed E-state index contributed by atoms with van der Waals surface area (Å²) < 4.78 is 0. The maximum Gasteiger partial charge on any atom is 0.246 e. The zero-order valence-electron chi connectivity index (χ0n) is 20.1. The summed E-state index contributed by atoms with van der Waals surface area (Å²) in [4.78, 5) is 47.7. The Labute approximate surface area is 204 Å². The first kappa shape index (κ1) is 27.3. The summed E-state index contributed by atoms with van der Waals surface area (Å²) in [5.41, 5.74) is 0.767. The molecule has 7 nitrogen and oxygen atoms in total. The van der Waals surface area contributed by atoms with Crippen molar-refractivity contribution in [3.05, 3.63) is 34.9 Å². The zero-order chi connectivity index (χ0) is 24.2. The van der Waals surface area contributed by atoms with E-state index in [9.17, 15) is 14.4 Å². The Balaban J connectivity index is 1.85. The lowest BCUT2D eigenvalue weighted by molar-refractivity contribution is -0.129. The summed E-state index contributed by atoms with van der Waals surface area (Å²) in [5, 5.41) is 1.85. The van der Waals surface area contributed by atoms with Crippen LogP contribution in [0.25, 0.3) is 0 Å². The number of hydrogen-bond acceptors (Lipinski definition) is 4. The van der Waals surface area contributed by atoms with Crippen molar-refractivity contribution < 1.29 is 19.2 Å². The second-order valence-corrected chi connectivity index (χ2v) is 11.7. The molecule has 1 aromatic rings. The molecule has 0 bridgehead atoms. The SMILES string of the molecule is CON(C)C(=O)[Si@H](CCC(=O)N(C)CCc1ccccc1Cl)NC(=O)CCC1CCCCC1. The van der Waals surface area contributed by atoms with Gasteiger partial charge in [-0.15, -0.1) is 0 Å². The van der Waals surface area contributed by atoms with E-state index in [-0.39, 0.29) is 23.8 Å². The lowest BCUT2D eigenvalue weighted by Crippen LogP contribution is -2.50. The number of nitrogens with zero attached hydrogens (tertiary/aromatic N) is 2. The van der Waals surface area contributed by atoms with Crippen molar-refractivity contribution in [2.24, 2.45) is 5.92 Å². The average molecular weight is 496 g/mol. The molecule has 1 aliphatic rings. The van der Waals surface area contributed by atoms with Crippen LogP contribution in [-0.2, 0) is 20.8 Å². The van der Waals surface area contributed by atoms with E-state index in [1.165, 1.54) is 46.3 Å². The molecule has 0 radical (unpaired) electrons. The number of likely N-dealkylation sites (N-methyl/N-ethyl adjacent to an activating group) is 1. The van der Waals surface area contributed by atoms with Crippen LogP contribution in [-0.4, -0.2) is 64.0 Å². The van der Waals surface area contributed by atoms with Gasteiger partial charge in [0.25, 0.3) is 0 Å². The topological polar surface area (TPSA) is 79.0 Å². The molecule has 9 heteroatoms. The second-order valence-electron chi connectivity index (χ2n) is 8.88. The molecular formula is C24H38ClN3O4Si. The monoisotopic (exact) mass is 495 g/mol. The number of hydrogen-bond donors (Lipinski definition) is 1. The van der Waals surface area contributed by atoms with Crippen molar-refractivity contribution in [3.8, 4) is 0 Å². The number of benzene rings is 1. The molecule has 0 aromatic heterocycles. The van der Waals surface area contributed by atoms with E-state index in [4.69, 9.17) is 16.4 Å². The predicted octanol–water partition coefficient (Wildman–Crippen LogP) is 4.13. The average Bonchev–Trinajstić information content (AvgIpc) is 2.84. The third-order valence-electron chi connectivity index (χ3n) is 6.47. The Hall–Kier alpha value is -1.90. The minimum Gasteiger partial charge on any atom is -0.376 e. The first-order valence-electron chi connectivity index (χ1n) is 11.9. The van der Waals surface area contributed by atoms with Gasteiger partial charge in [-0.05, 0) is 36.4 Å². The number of halogens is 1. The van der Waals surface area contributed by atoms with Crippen molar-refractivity contribution in [1.82, 2.24) is 14.9 Å². The summed E-state index contributed by atoms with van der Waals surface area (Å²) in [7, 11) is 2.28. The van der Waals surface area contributed by atoms with Crippen LogP contribution < -0.4 is 4.98 Å². The van der Waals surface area contributed by atoms with E-state index in [0.717, 1.165) is 17.0 Å². The van der Waals surface area contributed by atoms with E-state index in [2.05, 4.69) is 4.98 Å². The van der Waals surface area contributed by atoms with Crippen LogP contribution in [0.15, 0.2) is 24.3 Å². The fraction of sp³-hybridized carbons (Fsp3) is 0.625. The fourth-order valence-corrected chi connectivity index (χ4v) is 6.57. The highest BCUT2D eigenvalue weighted by atomic mass is 35.5. The fourth-order valence-electron chi connectivity index (χ4n) is 4.22. The highest BCUT2D eigenvalue weighted by molar-refractivity contribution is 6.89. The van der Waals surface area contributed by atoms with E-state index >= 15 is 0 Å². The van der Waals surface area contributed by atoms with Gasteiger partial charge >= 0.3 is 0 Å². The third-order valence-corrected chi connectivity index (χ3v) is 9.33. The lowest BCUT2D eigenvalue weighted by Gasteiger charge is -2.24. The number of hydroxylamine groups is 2. The normalized spacial score (nSPS) is 15.0. The van der Waals surface area contributed by atoms with E-state index in [0.29, 0.717) is 36.4 Å². The molecular weight excluding hydrogens is 458 g/mol. The molecule has 0 heterocycles. The standard InChI is InChI=1S/C24H38ClN3O4Si/c1-27(17-15-20-11-7-8-12-21(20)25)23(30)16-18-33(24(31)28(2)32-3)26-22(29)14-13-19-9-5-4-6-10-19/h7-8,11-12,19,33H,4-6,9-10,13-18H2,1-3H3,(H,26,29)/t33-/m0/s1. The van der Waals surface area contributed by atoms with Gasteiger partial charge in [-0.2, -0.15) is 0 Å². The summed E-state index contributed by atoms with van der Waals surface area (Å²) in [6.07, 6.45) is 8.32. The quantitative estimate of drug-likeness (QED) is 0.349. The Morgan fingerprint density at radius 2 is 1.82 bits per heavy atom. The van der Waals surface area contributed by atoms with Crippen LogP contribution in [0.2, 0.25) is 11.1 Å². The highest BCUT2D eigenvalue weighted by Crippen LogP contribution is 2.27. The Morgan fingerprint density at radius 1 is 1.12 bits per heavy atom. The molecule has 1 saturated carbocycles. The third kappa shape index (κ3) is 9.47.